The lowest BCUT2D eigenvalue weighted by atomic mass is 10.1. The normalized spacial score (nSPS) is 18.1. The van der Waals surface area contributed by atoms with Gasteiger partial charge in [-0.25, -0.2) is 4.39 Å². The van der Waals surface area contributed by atoms with Crippen LogP contribution < -0.4 is 4.74 Å². The van der Waals surface area contributed by atoms with Crippen LogP contribution in [0.1, 0.15) is 17.2 Å². The summed E-state index contributed by atoms with van der Waals surface area (Å²) in [6.45, 7) is 0.920. The molecule has 0 bridgehead atoms. The van der Waals surface area contributed by atoms with Gasteiger partial charge in [-0.05, 0) is 35.4 Å². The lowest BCUT2D eigenvalue weighted by Crippen LogP contribution is -2.42. The summed E-state index contributed by atoms with van der Waals surface area (Å²) in [7, 11) is 1.62. The van der Waals surface area contributed by atoms with Gasteiger partial charge in [0.05, 0.1) is 13.7 Å². The van der Waals surface area contributed by atoms with Gasteiger partial charge in [0.15, 0.2) is 0 Å². The van der Waals surface area contributed by atoms with Crippen LogP contribution in [0.5, 0.6) is 5.75 Å². The first-order chi connectivity index (χ1) is 11.2. The summed E-state index contributed by atoms with van der Waals surface area (Å²) in [4.78, 5) is 13.8. The van der Waals surface area contributed by atoms with Gasteiger partial charge >= 0.3 is 0 Å². The number of benzene rings is 2. The molecule has 1 atom stereocenters. The average Bonchev–Trinajstić information content (AvgIpc) is 2.57. The molecule has 4 nitrogen and oxygen atoms in total. The Morgan fingerprint density at radius 3 is 2.74 bits per heavy atom. The van der Waals surface area contributed by atoms with E-state index in [9.17, 15) is 9.18 Å². The molecule has 1 saturated heterocycles. The van der Waals surface area contributed by atoms with E-state index in [0.717, 1.165) is 16.9 Å². The maximum atomic E-state index is 13.4. The van der Waals surface area contributed by atoms with E-state index >= 15 is 0 Å². The molecule has 5 heteroatoms. The second-order valence-electron chi connectivity index (χ2n) is 5.48. The Balaban J connectivity index is 1.71. The fourth-order valence-corrected chi connectivity index (χ4v) is 2.63. The molecule has 0 spiro atoms. The van der Waals surface area contributed by atoms with E-state index in [1.54, 1.807) is 18.1 Å². The predicted octanol–water partition coefficient (Wildman–Crippen LogP) is 2.93. The molecule has 1 fully saturated rings. The van der Waals surface area contributed by atoms with Crippen LogP contribution >= 0.6 is 0 Å². The van der Waals surface area contributed by atoms with Crippen molar-refractivity contribution in [3.8, 4) is 5.75 Å². The monoisotopic (exact) mass is 315 g/mol. The van der Waals surface area contributed by atoms with Gasteiger partial charge in [-0.15, -0.1) is 0 Å². The molecule has 2 aromatic carbocycles. The molecule has 1 aliphatic heterocycles. The minimum absolute atomic E-state index is 0.0112. The van der Waals surface area contributed by atoms with Gasteiger partial charge in [0.25, 0.3) is 0 Å². The molecule has 0 radical (unpaired) electrons. The maximum Gasteiger partial charge on any atom is 0.249 e. The highest BCUT2D eigenvalue weighted by Gasteiger charge is 2.27. The van der Waals surface area contributed by atoms with Crippen molar-refractivity contribution in [3.05, 3.63) is 65.5 Å². The largest absolute Gasteiger partial charge is 0.497 e. The number of ether oxygens (including phenoxy) is 2. The lowest BCUT2D eigenvalue weighted by Gasteiger charge is -2.33. The zero-order valence-corrected chi connectivity index (χ0v) is 12.9. The van der Waals surface area contributed by atoms with Gasteiger partial charge in [-0.3, -0.25) is 4.79 Å². The molecular formula is C18H18FNO3. The molecule has 1 aliphatic rings. The summed E-state index contributed by atoms with van der Waals surface area (Å²) in [5.74, 6) is 0.415. The van der Waals surface area contributed by atoms with Crippen molar-refractivity contribution in [1.29, 1.82) is 0 Å². The van der Waals surface area contributed by atoms with E-state index in [1.807, 2.05) is 30.3 Å². The molecular weight excluding hydrogens is 297 g/mol. The van der Waals surface area contributed by atoms with E-state index < -0.39 is 0 Å². The number of hydrogen-bond donors (Lipinski definition) is 0. The van der Waals surface area contributed by atoms with Crippen LogP contribution in [-0.4, -0.2) is 31.1 Å². The molecule has 0 aliphatic carbocycles. The Morgan fingerprint density at radius 2 is 2.04 bits per heavy atom. The molecule has 0 saturated carbocycles. The number of methoxy groups -OCH3 is 1. The van der Waals surface area contributed by atoms with E-state index in [1.165, 1.54) is 12.1 Å². The standard InChI is InChI=1S/C18H18FNO3/c1-22-16-7-5-13(6-8-16)10-20-11-17(23-12-18(20)21)14-3-2-4-15(19)9-14/h2-9,17H,10-12H2,1H3/t17-/m0/s1. The van der Waals surface area contributed by atoms with Crippen LogP contribution in [-0.2, 0) is 16.1 Å². The number of hydrogen-bond acceptors (Lipinski definition) is 3. The summed E-state index contributed by atoms with van der Waals surface area (Å²) >= 11 is 0. The van der Waals surface area contributed by atoms with Crippen LogP contribution in [0.4, 0.5) is 4.39 Å². The molecule has 0 aromatic heterocycles. The smallest absolute Gasteiger partial charge is 0.249 e. The third kappa shape index (κ3) is 3.68. The Kier molecular flexibility index (Phi) is 4.57. The van der Waals surface area contributed by atoms with Crippen LogP contribution in [0.25, 0.3) is 0 Å². The van der Waals surface area contributed by atoms with Crippen molar-refractivity contribution >= 4 is 5.91 Å². The highest BCUT2D eigenvalue weighted by molar-refractivity contribution is 5.78. The summed E-state index contributed by atoms with van der Waals surface area (Å²) in [5.41, 5.74) is 1.76. The van der Waals surface area contributed by atoms with Gasteiger partial charge < -0.3 is 14.4 Å². The highest BCUT2D eigenvalue weighted by atomic mass is 19.1. The fraction of sp³-hybridized carbons (Fsp3) is 0.278. The average molecular weight is 315 g/mol. The number of halogens is 1. The third-order valence-corrected chi connectivity index (χ3v) is 3.90. The third-order valence-electron chi connectivity index (χ3n) is 3.90. The quantitative estimate of drug-likeness (QED) is 0.871. The Labute approximate surface area is 134 Å². The first-order valence-corrected chi connectivity index (χ1v) is 7.43. The minimum atomic E-state index is -0.304. The molecule has 120 valence electrons. The van der Waals surface area contributed by atoms with Crippen molar-refractivity contribution in [2.45, 2.75) is 12.6 Å². The van der Waals surface area contributed by atoms with Gasteiger partial charge in [-0.2, -0.15) is 0 Å². The van der Waals surface area contributed by atoms with Crippen molar-refractivity contribution in [2.24, 2.45) is 0 Å². The molecule has 3 rings (SSSR count). The number of nitrogens with zero attached hydrogens (tertiary/aromatic N) is 1. The molecule has 2 aromatic rings. The van der Waals surface area contributed by atoms with Crippen LogP contribution in [0.15, 0.2) is 48.5 Å². The maximum absolute atomic E-state index is 13.4. The van der Waals surface area contributed by atoms with Crippen molar-refractivity contribution in [3.63, 3.8) is 0 Å². The number of amides is 1. The van der Waals surface area contributed by atoms with Crippen LogP contribution in [0.3, 0.4) is 0 Å². The molecule has 23 heavy (non-hydrogen) atoms. The number of morpholine rings is 1. The van der Waals surface area contributed by atoms with Gasteiger partial charge in [-0.1, -0.05) is 24.3 Å². The van der Waals surface area contributed by atoms with Crippen LogP contribution in [0.2, 0.25) is 0 Å². The Morgan fingerprint density at radius 1 is 1.26 bits per heavy atom. The molecule has 0 unspecified atom stereocenters. The Bertz CT molecular complexity index is 687. The zero-order valence-electron chi connectivity index (χ0n) is 12.9. The Hall–Kier alpha value is -2.40. The number of rotatable bonds is 4. The SMILES string of the molecule is COc1ccc(CN2C[C@@H](c3cccc(F)c3)OCC2=O)cc1. The topological polar surface area (TPSA) is 38.8 Å². The van der Waals surface area contributed by atoms with E-state index in [-0.39, 0.29) is 24.4 Å². The summed E-state index contributed by atoms with van der Waals surface area (Å²) < 4.78 is 24.1. The second-order valence-corrected chi connectivity index (χ2v) is 5.48. The van der Waals surface area contributed by atoms with Crippen LogP contribution in [0, 0.1) is 5.82 Å². The lowest BCUT2D eigenvalue weighted by molar-refractivity contribution is -0.150. The van der Waals surface area contributed by atoms with Gasteiger partial charge in [0.2, 0.25) is 5.91 Å². The predicted molar refractivity (Wildman–Crippen MR) is 83.5 cm³/mol. The molecule has 0 N–H and O–H groups in total. The van der Waals surface area contributed by atoms with Crippen molar-refractivity contribution < 1.29 is 18.7 Å². The first kappa shape index (κ1) is 15.5. The zero-order chi connectivity index (χ0) is 16.2. The van der Waals surface area contributed by atoms with Crippen molar-refractivity contribution in [2.75, 3.05) is 20.3 Å². The number of carbonyl (C=O) groups is 1. The van der Waals surface area contributed by atoms with E-state index in [0.29, 0.717) is 13.1 Å². The van der Waals surface area contributed by atoms with E-state index in [4.69, 9.17) is 9.47 Å². The molecule has 1 heterocycles. The summed E-state index contributed by atoms with van der Waals surface area (Å²) in [6, 6.07) is 13.9. The first-order valence-electron chi connectivity index (χ1n) is 7.43. The number of carbonyl (C=O) groups excluding carboxylic acids is 1. The fourth-order valence-electron chi connectivity index (χ4n) is 2.63. The van der Waals surface area contributed by atoms with E-state index in [2.05, 4.69) is 0 Å². The highest BCUT2D eigenvalue weighted by Crippen LogP contribution is 2.24. The molecule has 1 amide bonds. The van der Waals surface area contributed by atoms with Crippen molar-refractivity contribution in [1.82, 2.24) is 4.90 Å². The second kappa shape index (κ2) is 6.79. The summed E-state index contributed by atoms with van der Waals surface area (Å²) in [6.07, 6.45) is -0.304. The minimum Gasteiger partial charge on any atom is -0.497 e. The summed E-state index contributed by atoms with van der Waals surface area (Å²) in [5, 5.41) is 0. The van der Waals surface area contributed by atoms with Gasteiger partial charge in [0.1, 0.15) is 24.3 Å². The van der Waals surface area contributed by atoms with Gasteiger partial charge in [0, 0.05) is 6.54 Å².